The molecule has 12 rings (SSSR count). The number of anilines is 3. The van der Waals surface area contributed by atoms with E-state index >= 15 is 0 Å². The fourth-order valence-corrected chi connectivity index (χ4v) is 10.2. The van der Waals surface area contributed by atoms with Gasteiger partial charge in [-0.2, -0.15) is 0 Å². The monoisotopic (exact) mass is 761 g/mol. The average molecular weight is 762 g/mol. The minimum Gasteiger partial charge on any atom is -0.436 e. The molecule has 0 saturated heterocycles. The number of hydrogen-bond acceptors (Lipinski definition) is 4. The highest BCUT2D eigenvalue weighted by Gasteiger charge is 2.22. The van der Waals surface area contributed by atoms with Crippen LogP contribution in [0.25, 0.3) is 87.3 Å². The SMILES string of the molecule is C1=Cc2c(n(-c3ccccc3)c3cc(N(c4ccc(-c5cccc6c5ccc5oc(-c7ccccc7)nc56)cc4)c4ccc5c(c4)sc4ccccc45)ccc23)CC1. The summed E-state index contributed by atoms with van der Waals surface area (Å²) in [6, 6.07) is 63.3. The van der Waals surface area contributed by atoms with Gasteiger partial charge in [-0.3, -0.25) is 0 Å². The van der Waals surface area contributed by atoms with Gasteiger partial charge in [0.25, 0.3) is 0 Å². The largest absolute Gasteiger partial charge is 0.436 e. The second-order valence-electron chi connectivity index (χ2n) is 15.0. The van der Waals surface area contributed by atoms with E-state index in [-0.39, 0.29) is 0 Å². The van der Waals surface area contributed by atoms with Crippen LogP contribution in [-0.4, -0.2) is 9.55 Å². The van der Waals surface area contributed by atoms with Crippen molar-refractivity contribution in [3.05, 3.63) is 193 Å². The van der Waals surface area contributed by atoms with E-state index in [0.29, 0.717) is 5.89 Å². The number of benzene rings is 8. The molecular formula is C53H35N3OS. The Hall–Kier alpha value is -7.21. The molecule has 274 valence electrons. The Morgan fingerprint density at radius 2 is 1.26 bits per heavy atom. The Labute approximate surface area is 339 Å². The van der Waals surface area contributed by atoms with E-state index in [4.69, 9.17) is 9.40 Å². The molecule has 0 radical (unpaired) electrons. The normalized spacial score (nSPS) is 12.6. The van der Waals surface area contributed by atoms with Gasteiger partial charge in [-0.25, -0.2) is 4.98 Å². The summed E-state index contributed by atoms with van der Waals surface area (Å²) in [6.45, 7) is 0. The molecule has 3 heterocycles. The molecule has 0 N–H and O–H groups in total. The highest BCUT2D eigenvalue weighted by molar-refractivity contribution is 7.25. The summed E-state index contributed by atoms with van der Waals surface area (Å²) in [5.41, 5.74) is 13.4. The quantitative estimate of drug-likeness (QED) is 0.169. The standard InChI is InChI=1S/C53H35N3OS/c1-3-12-35(13-4-1)53-54-52-46-19-11-18-40(41(46)30-31-49(52)57-53)34-22-24-37(25-23-34)55(39-27-29-45-44-17-8-10-21-50(44)58-51(45)33-39)38-26-28-43-42-16-7-9-20-47(42)56(48(43)32-38)36-14-5-2-6-15-36/h1-8,10-19,21-33H,9,20H2. The lowest BCUT2D eigenvalue weighted by molar-refractivity contribution is 0.620. The number of para-hydroxylation sites is 1. The van der Waals surface area contributed by atoms with Gasteiger partial charge in [0.1, 0.15) is 5.52 Å². The maximum absolute atomic E-state index is 6.24. The molecule has 0 bridgehead atoms. The number of nitrogens with zero attached hydrogens (tertiary/aromatic N) is 3. The van der Waals surface area contributed by atoms with E-state index in [2.05, 4.69) is 167 Å². The second-order valence-corrected chi connectivity index (χ2v) is 16.1. The van der Waals surface area contributed by atoms with E-state index in [9.17, 15) is 0 Å². The molecule has 8 aromatic carbocycles. The first kappa shape index (κ1) is 33.0. The molecule has 0 saturated carbocycles. The summed E-state index contributed by atoms with van der Waals surface area (Å²) in [6.07, 6.45) is 6.69. The predicted molar refractivity (Wildman–Crippen MR) is 244 cm³/mol. The van der Waals surface area contributed by atoms with Crippen molar-refractivity contribution < 1.29 is 4.42 Å². The van der Waals surface area contributed by atoms with Crippen LogP contribution in [0, 0.1) is 0 Å². The lowest BCUT2D eigenvalue weighted by atomic mass is 9.97. The molecule has 0 atom stereocenters. The highest BCUT2D eigenvalue weighted by atomic mass is 32.1. The third-order valence-electron chi connectivity index (χ3n) is 11.7. The summed E-state index contributed by atoms with van der Waals surface area (Å²) in [4.78, 5) is 7.39. The van der Waals surface area contributed by atoms with Crippen molar-refractivity contribution in [2.45, 2.75) is 12.8 Å². The van der Waals surface area contributed by atoms with Crippen LogP contribution in [0.1, 0.15) is 17.7 Å². The summed E-state index contributed by atoms with van der Waals surface area (Å²) < 4.78 is 11.3. The van der Waals surface area contributed by atoms with E-state index in [1.807, 2.05) is 41.7 Å². The Bertz CT molecular complexity index is 3390. The molecule has 4 nitrogen and oxygen atoms in total. The molecule has 1 aliphatic rings. The number of thiophene rings is 1. The van der Waals surface area contributed by atoms with Gasteiger partial charge in [0.15, 0.2) is 5.58 Å². The number of oxazole rings is 1. The van der Waals surface area contributed by atoms with Crippen LogP contribution >= 0.6 is 11.3 Å². The first-order valence-corrected chi connectivity index (χ1v) is 20.7. The Balaban J connectivity index is 1.01. The number of hydrogen-bond donors (Lipinski definition) is 0. The minimum atomic E-state index is 0.637. The van der Waals surface area contributed by atoms with Crippen LogP contribution in [0.5, 0.6) is 0 Å². The molecule has 58 heavy (non-hydrogen) atoms. The highest BCUT2D eigenvalue weighted by Crippen LogP contribution is 2.44. The van der Waals surface area contributed by atoms with Crippen LogP contribution in [0.4, 0.5) is 17.1 Å². The van der Waals surface area contributed by atoms with Crippen molar-refractivity contribution >= 4 is 87.4 Å². The van der Waals surface area contributed by atoms with Crippen LogP contribution in [0.15, 0.2) is 186 Å². The van der Waals surface area contributed by atoms with Crippen LogP contribution in [-0.2, 0) is 6.42 Å². The van der Waals surface area contributed by atoms with Crippen LogP contribution in [0.3, 0.4) is 0 Å². The molecular weight excluding hydrogens is 727 g/mol. The van der Waals surface area contributed by atoms with Gasteiger partial charge >= 0.3 is 0 Å². The molecule has 0 spiro atoms. The fraction of sp³-hybridized carbons (Fsp3) is 0.0377. The molecule has 1 aliphatic carbocycles. The minimum absolute atomic E-state index is 0.637. The smallest absolute Gasteiger partial charge is 0.227 e. The Morgan fingerprint density at radius 1 is 0.552 bits per heavy atom. The summed E-state index contributed by atoms with van der Waals surface area (Å²) in [5, 5.41) is 6.10. The molecule has 5 heteroatoms. The molecule has 0 unspecified atom stereocenters. The first-order chi connectivity index (χ1) is 28.7. The van der Waals surface area contributed by atoms with Crippen molar-refractivity contribution in [3.8, 4) is 28.3 Å². The van der Waals surface area contributed by atoms with Crippen LogP contribution < -0.4 is 4.90 Å². The van der Waals surface area contributed by atoms with Crippen molar-refractivity contribution in [1.82, 2.24) is 9.55 Å². The van der Waals surface area contributed by atoms with Crippen molar-refractivity contribution in [1.29, 1.82) is 0 Å². The number of rotatable bonds is 6. The summed E-state index contributed by atoms with van der Waals surface area (Å²) in [5.74, 6) is 0.637. The van der Waals surface area contributed by atoms with Gasteiger partial charge in [0.05, 0.1) is 5.52 Å². The van der Waals surface area contributed by atoms with E-state index in [1.54, 1.807) is 0 Å². The molecule has 0 aliphatic heterocycles. The molecule has 0 fully saturated rings. The third-order valence-corrected chi connectivity index (χ3v) is 12.8. The average Bonchev–Trinajstić information content (AvgIpc) is 3.99. The molecule has 0 amide bonds. The zero-order valence-electron chi connectivity index (χ0n) is 31.5. The summed E-state index contributed by atoms with van der Waals surface area (Å²) in [7, 11) is 0. The van der Waals surface area contributed by atoms with Gasteiger partial charge in [0.2, 0.25) is 5.89 Å². The van der Waals surface area contributed by atoms with E-state index in [0.717, 1.165) is 68.5 Å². The number of aromatic nitrogens is 2. The van der Waals surface area contributed by atoms with Gasteiger partial charge in [-0.15, -0.1) is 11.3 Å². The van der Waals surface area contributed by atoms with Gasteiger partial charge in [-0.05, 0) is 108 Å². The van der Waals surface area contributed by atoms with E-state index in [1.165, 1.54) is 48.0 Å². The topological polar surface area (TPSA) is 34.2 Å². The predicted octanol–water partition coefficient (Wildman–Crippen LogP) is 15.1. The maximum Gasteiger partial charge on any atom is 0.227 e. The third kappa shape index (κ3) is 5.24. The Morgan fingerprint density at radius 3 is 2.12 bits per heavy atom. The maximum atomic E-state index is 6.24. The summed E-state index contributed by atoms with van der Waals surface area (Å²) >= 11 is 1.86. The molecule has 11 aromatic rings. The van der Waals surface area contributed by atoms with Gasteiger partial charge < -0.3 is 13.9 Å². The van der Waals surface area contributed by atoms with Crippen molar-refractivity contribution in [2.24, 2.45) is 0 Å². The lowest BCUT2D eigenvalue weighted by Crippen LogP contribution is -2.10. The van der Waals surface area contributed by atoms with Crippen LogP contribution in [0.2, 0.25) is 0 Å². The first-order valence-electron chi connectivity index (χ1n) is 19.8. The zero-order valence-corrected chi connectivity index (χ0v) is 32.3. The second kappa shape index (κ2) is 13.2. The lowest BCUT2D eigenvalue weighted by Gasteiger charge is -2.26. The number of fused-ring (bicyclic) bond motifs is 9. The van der Waals surface area contributed by atoms with Crippen molar-refractivity contribution in [3.63, 3.8) is 0 Å². The fourth-order valence-electron chi connectivity index (χ4n) is 9.01. The Kier molecular flexibility index (Phi) is 7.50. The van der Waals surface area contributed by atoms with Gasteiger partial charge in [0, 0.05) is 70.5 Å². The zero-order chi connectivity index (χ0) is 38.2. The number of allylic oxidation sites excluding steroid dienone is 1. The molecule has 3 aromatic heterocycles. The van der Waals surface area contributed by atoms with Crippen molar-refractivity contribution in [2.75, 3.05) is 4.90 Å². The van der Waals surface area contributed by atoms with Gasteiger partial charge in [-0.1, -0.05) is 109 Å². The van der Waals surface area contributed by atoms with E-state index < -0.39 is 0 Å².